The Morgan fingerprint density at radius 1 is 1.25 bits per heavy atom. The summed E-state index contributed by atoms with van der Waals surface area (Å²) < 4.78 is 18.1. The first kappa shape index (κ1) is 16.2. The van der Waals surface area contributed by atoms with Gasteiger partial charge >= 0.3 is 0 Å². The molecule has 126 valence electrons. The van der Waals surface area contributed by atoms with Gasteiger partial charge in [-0.1, -0.05) is 0 Å². The van der Waals surface area contributed by atoms with Gasteiger partial charge in [-0.25, -0.2) is 4.39 Å². The monoisotopic (exact) mass is 330 g/mol. The fourth-order valence-corrected chi connectivity index (χ4v) is 2.93. The molecule has 0 aliphatic carbocycles. The van der Waals surface area contributed by atoms with Crippen LogP contribution in [0.4, 0.5) is 10.1 Å². The number of nitrogens with one attached hydrogen (secondary N) is 1. The number of hydrogen-bond donors (Lipinski definition) is 1. The van der Waals surface area contributed by atoms with E-state index in [0.717, 1.165) is 12.8 Å². The number of carbonyl (C=O) groups is 2. The number of piperidine rings is 1. The highest BCUT2D eigenvalue weighted by Crippen LogP contribution is 2.22. The second kappa shape index (κ2) is 6.86. The summed E-state index contributed by atoms with van der Waals surface area (Å²) in [4.78, 5) is 26.6. The second-order valence-electron chi connectivity index (χ2n) is 5.98. The first-order chi connectivity index (χ1) is 11.5. The minimum Gasteiger partial charge on any atom is -0.469 e. The van der Waals surface area contributed by atoms with E-state index in [4.69, 9.17) is 4.42 Å². The summed E-state index contributed by atoms with van der Waals surface area (Å²) in [5.74, 6) is -0.306. The molecule has 1 aromatic carbocycles. The minimum atomic E-state index is -0.349. The van der Waals surface area contributed by atoms with E-state index in [0.29, 0.717) is 30.1 Å². The molecule has 0 bridgehead atoms. The number of amides is 2. The highest BCUT2D eigenvalue weighted by atomic mass is 19.1. The highest BCUT2D eigenvalue weighted by Gasteiger charge is 2.30. The number of likely N-dealkylation sites (tertiary alicyclic amines) is 1. The Hall–Kier alpha value is -2.63. The molecule has 24 heavy (non-hydrogen) atoms. The molecule has 2 aromatic rings. The van der Waals surface area contributed by atoms with Crippen molar-refractivity contribution >= 4 is 17.5 Å². The van der Waals surface area contributed by atoms with Gasteiger partial charge in [-0.3, -0.25) is 9.59 Å². The number of benzene rings is 1. The molecule has 5 nitrogen and oxygen atoms in total. The minimum absolute atomic E-state index is 0.111. The average Bonchev–Trinajstić information content (AvgIpc) is 3.02. The van der Waals surface area contributed by atoms with Crippen LogP contribution >= 0.6 is 0 Å². The molecule has 0 saturated carbocycles. The van der Waals surface area contributed by atoms with Crippen molar-refractivity contribution in [2.75, 3.05) is 18.4 Å². The SMILES string of the molecule is Cc1occc1C(=O)N1CCC[C@@H](C(=O)Nc2ccc(F)cc2)C1. The summed E-state index contributed by atoms with van der Waals surface area (Å²) in [5.41, 5.74) is 1.09. The summed E-state index contributed by atoms with van der Waals surface area (Å²) in [7, 11) is 0. The number of aryl methyl sites for hydroxylation is 1. The molecule has 2 amide bonds. The lowest BCUT2D eigenvalue weighted by Crippen LogP contribution is -2.43. The van der Waals surface area contributed by atoms with Gasteiger partial charge in [0.2, 0.25) is 5.91 Å². The zero-order valence-electron chi connectivity index (χ0n) is 13.4. The molecule has 1 N–H and O–H groups in total. The van der Waals surface area contributed by atoms with Crippen molar-refractivity contribution < 1.29 is 18.4 Å². The topological polar surface area (TPSA) is 62.6 Å². The van der Waals surface area contributed by atoms with Gasteiger partial charge in [-0.05, 0) is 50.1 Å². The van der Waals surface area contributed by atoms with Crippen LogP contribution in [0.2, 0.25) is 0 Å². The van der Waals surface area contributed by atoms with Crippen molar-refractivity contribution in [3.05, 3.63) is 53.7 Å². The summed E-state index contributed by atoms with van der Waals surface area (Å²) in [6.07, 6.45) is 2.98. The predicted octanol–water partition coefficient (Wildman–Crippen LogP) is 3.22. The predicted molar refractivity (Wildman–Crippen MR) is 87.1 cm³/mol. The molecule has 1 aromatic heterocycles. The summed E-state index contributed by atoms with van der Waals surface area (Å²) in [6, 6.07) is 7.30. The zero-order chi connectivity index (χ0) is 17.1. The van der Waals surface area contributed by atoms with Crippen LogP contribution in [0.3, 0.4) is 0 Å². The van der Waals surface area contributed by atoms with E-state index in [1.807, 2.05) is 0 Å². The number of nitrogens with zero attached hydrogens (tertiary/aromatic N) is 1. The Bertz CT molecular complexity index is 739. The van der Waals surface area contributed by atoms with Gasteiger partial charge in [0.15, 0.2) is 0 Å². The van der Waals surface area contributed by atoms with Crippen LogP contribution in [0.25, 0.3) is 0 Å². The molecule has 0 spiro atoms. The Morgan fingerprint density at radius 2 is 2.00 bits per heavy atom. The van der Waals surface area contributed by atoms with Gasteiger partial charge < -0.3 is 14.6 Å². The van der Waals surface area contributed by atoms with Crippen molar-refractivity contribution in [3.8, 4) is 0 Å². The molecule has 1 aliphatic heterocycles. The van der Waals surface area contributed by atoms with Gasteiger partial charge in [0, 0.05) is 18.8 Å². The van der Waals surface area contributed by atoms with Gasteiger partial charge in [-0.15, -0.1) is 0 Å². The molecule has 1 fully saturated rings. The van der Waals surface area contributed by atoms with E-state index in [-0.39, 0.29) is 23.5 Å². The summed E-state index contributed by atoms with van der Waals surface area (Å²) >= 11 is 0. The molecule has 0 radical (unpaired) electrons. The third-order valence-corrected chi connectivity index (χ3v) is 4.28. The van der Waals surface area contributed by atoms with Crippen molar-refractivity contribution in [1.29, 1.82) is 0 Å². The van der Waals surface area contributed by atoms with Gasteiger partial charge in [-0.2, -0.15) is 0 Å². The largest absolute Gasteiger partial charge is 0.469 e. The third-order valence-electron chi connectivity index (χ3n) is 4.28. The van der Waals surface area contributed by atoms with E-state index in [2.05, 4.69) is 5.32 Å². The van der Waals surface area contributed by atoms with Crippen LogP contribution in [0, 0.1) is 18.7 Å². The lowest BCUT2D eigenvalue weighted by atomic mass is 9.96. The van der Waals surface area contributed by atoms with E-state index in [1.165, 1.54) is 30.5 Å². The molecular weight excluding hydrogens is 311 g/mol. The van der Waals surface area contributed by atoms with Crippen molar-refractivity contribution in [2.45, 2.75) is 19.8 Å². The highest BCUT2D eigenvalue weighted by molar-refractivity contribution is 5.96. The van der Waals surface area contributed by atoms with Gasteiger partial charge in [0.25, 0.3) is 5.91 Å². The standard InChI is InChI=1S/C18H19FN2O3/c1-12-16(8-10-24-12)18(23)21-9-2-3-13(11-21)17(22)20-15-6-4-14(19)5-7-15/h4-8,10,13H,2-3,9,11H2,1H3,(H,20,22)/t13-/m1/s1. The fourth-order valence-electron chi connectivity index (χ4n) is 2.93. The molecule has 6 heteroatoms. The van der Waals surface area contributed by atoms with E-state index >= 15 is 0 Å². The van der Waals surface area contributed by atoms with Crippen LogP contribution in [0.15, 0.2) is 41.0 Å². The number of furan rings is 1. The normalized spacial score (nSPS) is 17.6. The number of carbonyl (C=O) groups excluding carboxylic acids is 2. The maximum atomic E-state index is 12.9. The van der Waals surface area contributed by atoms with E-state index in [1.54, 1.807) is 17.9 Å². The van der Waals surface area contributed by atoms with Crippen LogP contribution in [-0.4, -0.2) is 29.8 Å². The summed E-state index contributed by atoms with van der Waals surface area (Å²) in [5, 5.41) is 2.78. The maximum absolute atomic E-state index is 12.9. The molecule has 0 unspecified atom stereocenters. The number of anilines is 1. The van der Waals surface area contributed by atoms with Crippen LogP contribution in [-0.2, 0) is 4.79 Å². The van der Waals surface area contributed by atoms with Crippen LogP contribution < -0.4 is 5.32 Å². The number of hydrogen-bond acceptors (Lipinski definition) is 3. The third kappa shape index (κ3) is 3.48. The Kier molecular flexibility index (Phi) is 4.64. The smallest absolute Gasteiger partial charge is 0.257 e. The van der Waals surface area contributed by atoms with Crippen molar-refractivity contribution in [3.63, 3.8) is 0 Å². The molecular formula is C18H19FN2O3. The lowest BCUT2D eigenvalue weighted by Gasteiger charge is -2.32. The number of halogens is 1. The maximum Gasteiger partial charge on any atom is 0.257 e. The van der Waals surface area contributed by atoms with Gasteiger partial charge in [0.1, 0.15) is 11.6 Å². The summed E-state index contributed by atoms with van der Waals surface area (Å²) in [6.45, 7) is 2.75. The van der Waals surface area contributed by atoms with Crippen LogP contribution in [0.1, 0.15) is 29.0 Å². The van der Waals surface area contributed by atoms with Crippen LogP contribution in [0.5, 0.6) is 0 Å². The number of rotatable bonds is 3. The first-order valence-corrected chi connectivity index (χ1v) is 7.94. The first-order valence-electron chi connectivity index (χ1n) is 7.94. The van der Waals surface area contributed by atoms with E-state index < -0.39 is 0 Å². The molecule has 1 saturated heterocycles. The quantitative estimate of drug-likeness (QED) is 0.940. The zero-order valence-corrected chi connectivity index (χ0v) is 13.4. The Labute approximate surface area is 139 Å². The average molecular weight is 330 g/mol. The van der Waals surface area contributed by atoms with Gasteiger partial charge in [0.05, 0.1) is 17.7 Å². The second-order valence-corrected chi connectivity index (χ2v) is 5.98. The van der Waals surface area contributed by atoms with Crippen molar-refractivity contribution in [1.82, 2.24) is 4.90 Å². The molecule has 1 atom stereocenters. The van der Waals surface area contributed by atoms with Crippen molar-refractivity contribution in [2.24, 2.45) is 5.92 Å². The molecule has 2 heterocycles. The Morgan fingerprint density at radius 3 is 2.67 bits per heavy atom. The Balaban J connectivity index is 1.64. The van der Waals surface area contributed by atoms with E-state index in [9.17, 15) is 14.0 Å². The molecule has 1 aliphatic rings. The fraction of sp³-hybridized carbons (Fsp3) is 0.333. The lowest BCUT2D eigenvalue weighted by molar-refractivity contribution is -0.121. The molecule has 3 rings (SSSR count).